The Morgan fingerprint density at radius 3 is 2.38 bits per heavy atom. The Balaban J connectivity index is 1.79. The molecule has 4 heteroatoms. The van der Waals surface area contributed by atoms with E-state index in [1.165, 1.54) is 11.8 Å². The third-order valence-corrected chi connectivity index (χ3v) is 5.00. The summed E-state index contributed by atoms with van der Waals surface area (Å²) in [6, 6.07) is 15.1. The van der Waals surface area contributed by atoms with Gasteiger partial charge in [-0.05, 0) is 48.6 Å². The summed E-state index contributed by atoms with van der Waals surface area (Å²) < 4.78 is 29.3. The first-order valence-corrected chi connectivity index (χ1v) is 10.7. The number of benzene rings is 2. The molecule has 0 bridgehead atoms. The van der Waals surface area contributed by atoms with Gasteiger partial charge in [-0.15, -0.1) is 0 Å². The van der Waals surface area contributed by atoms with Crippen molar-refractivity contribution in [1.82, 2.24) is 0 Å². The van der Waals surface area contributed by atoms with Crippen molar-refractivity contribution < 1.29 is 13.2 Å². The van der Waals surface area contributed by atoms with Crippen molar-refractivity contribution in [2.45, 2.75) is 31.1 Å². The van der Waals surface area contributed by atoms with Gasteiger partial charge in [-0.25, -0.2) is 8.42 Å². The highest BCUT2D eigenvalue weighted by atomic mass is 32.2. The average Bonchev–Trinajstić information content (AvgIpc) is 2.63. The van der Waals surface area contributed by atoms with Gasteiger partial charge in [0.15, 0.2) is 9.84 Å². The molecular formula is C22H26O3S. The van der Waals surface area contributed by atoms with Crippen LogP contribution in [0.4, 0.5) is 0 Å². The van der Waals surface area contributed by atoms with E-state index in [0.717, 1.165) is 30.6 Å². The quantitative estimate of drug-likeness (QED) is 0.556. The van der Waals surface area contributed by atoms with Gasteiger partial charge in [0.1, 0.15) is 5.75 Å². The highest BCUT2D eigenvalue weighted by Gasteiger charge is 2.09. The average molecular weight is 371 g/mol. The highest BCUT2D eigenvalue weighted by molar-refractivity contribution is 7.90. The van der Waals surface area contributed by atoms with Crippen LogP contribution in [0.5, 0.6) is 5.75 Å². The van der Waals surface area contributed by atoms with Gasteiger partial charge in [-0.3, -0.25) is 0 Å². The minimum atomic E-state index is -3.21. The Bertz CT molecular complexity index is 847. The van der Waals surface area contributed by atoms with Crippen LogP contribution >= 0.6 is 0 Å². The second kappa shape index (κ2) is 9.97. The largest absolute Gasteiger partial charge is 0.494 e. The molecule has 26 heavy (non-hydrogen) atoms. The van der Waals surface area contributed by atoms with Crippen molar-refractivity contribution >= 4 is 22.0 Å². The Morgan fingerprint density at radius 1 is 0.962 bits per heavy atom. The first-order valence-electron chi connectivity index (χ1n) is 8.85. The predicted octanol–water partition coefficient (Wildman–Crippen LogP) is 5.39. The van der Waals surface area contributed by atoms with E-state index < -0.39 is 9.84 Å². The molecule has 0 aromatic heterocycles. The lowest BCUT2D eigenvalue weighted by atomic mass is 10.2. The van der Waals surface area contributed by atoms with Gasteiger partial charge in [0.05, 0.1) is 11.5 Å². The lowest BCUT2D eigenvalue weighted by Gasteiger charge is -2.05. The summed E-state index contributed by atoms with van der Waals surface area (Å²) in [5, 5.41) is 0. The van der Waals surface area contributed by atoms with Gasteiger partial charge >= 0.3 is 0 Å². The van der Waals surface area contributed by atoms with Crippen molar-refractivity contribution in [3.05, 3.63) is 71.8 Å². The second-order valence-electron chi connectivity index (χ2n) is 6.08. The van der Waals surface area contributed by atoms with Crippen molar-refractivity contribution in [2.75, 3.05) is 12.9 Å². The van der Waals surface area contributed by atoms with E-state index in [4.69, 9.17) is 4.74 Å². The molecule has 0 spiro atoms. The smallest absolute Gasteiger partial charge is 0.176 e. The maximum absolute atomic E-state index is 11.8. The van der Waals surface area contributed by atoms with Gasteiger partial charge in [0.2, 0.25) is 0 Å². The van der Waals surface area contributed by atoms with Crippen molar-refractivity contribution in [3.63, 3.8) is 0 Å². The van der Waals surface area contributed by atoms with Crippen LogP contribution < -0.4 is 4.74 Å². The summed E-state index contributed by atoms with van der Waals surface area (Å²) >= 11 is 0. The molecular weight excluding hydrogens is 344 g/mol. The van der Waals surface area contributed by atoms with E-state index in [0.29, 0.717) is 11.5 Å². The van der Waals surface area contributed by atoms with Gasteiger partial charge in [0, 0.05) is 6.26 Å². The number of hydrogen-bond acceptors (Lipinski definition) is 3. The Kier molecular flexibility index (Phi) is 7.67. The van der Waals surface area contributed by atoms with E-state index in [1.54, 1.807) is 12.1 Å². The molecule has 2 aromatic rings. The number of unbranched alkanes of at least 4 members (excludes halogenated alkanes) is 1. The molecule has 3 nitrogen and oxygen atoms in total. The zero-order valence-corrected chi connectivity index (χ0v) is 16.2. The summed E-state index contributed by atoms with van der Waals surface area (Å²) in [4.78, 5) is 0.365. The van der Waals surface area contributed by atoms with Crippen LogP contribution in [0.1, 0.15) is 37.3 Å². The molecule has 0 fully saturated rings. The maximum atomic E-state index is 11.8. The SMILES string of the molecule is CC/C=C/c1ccc(OCCC/C=C/c2ccccc2S(C)(=O)=O)cc1. The third-order valence-electron chi connectivity index (χ3n) is 3.83. The van der Waals surface area contributed by atoms with E-state index in [2.05, 4.69) is 19.1 Å². The fraction of sp³-hybridized carbons (Fsp3) is 0.273. The molecule has 138 valence electrons. The van der Waals surface area contributed by atoms with E-state index in [-0.39, 0.29) is 0 Å². The van der Waals surface area contributed by atoms with Crippen LogP contribution in [0, 0.1) is 0 Å². The molecule has 0 amide bonds. The standard InChI is InChI=1S/C22H26O3S/c1-3-4-10-19-14-16-21(17-15-19)25-18-9-5-6-11-20-12-7-8-13-22(20)26(2,23)24/h4,6-8,10-17H,3,5,9,18H2,1-2H3/b10-4+,11-6+. The predicted molar refractivity (Wildman–Crippen MR) is 109 cm³/mol. The minimum Gasteiger partial charge on any atom is -0.494 e. The normalized spacial score (nSPS) is 12.1. The molecule has 0 aliphatic heterocycles. The lowest BCUT2D eigenvalue weighted by Crippen LogP contribution is -1.99. The zero-order chi connectivity index (χ0) is 18.8. The van der Waals surface area contributed by atoms with Crippen LogP contribution in [0.15, 0.2) is 65.6 Å². The van der Waals surface area contributed by atoms with Crippen molar-refractivity contribution in [3.8, 4) is 5.75 Å². The summed E-state index contributed by atoms with van der Waals surface area (Å²) in [5.41, 5.74) is 1.90. The van der Waals surface area contributed by atoms with E-state index in [9.17, 15) is 8.42 Å². The Hall–Kier alpha value is -2.33. The summed E-state index contributed by atoms with van der Waals surface area (Å²) in [6.07, 6.45) is 12.0. The fourth-order valence-corrected chi connectivity index (χ4v) is 3.38. The number of allylic oxidation sites excluding steroid dienone is 2. The number of rotatable bonds is 9. The monoisotopic (exact) mass is 370 g/mol. The highest BCUT2D eigenvalue weighted by Crippen LogP contribution is 2.17. The Morgan fingerprint density at radius 2 is 1.69 bits per heavy atom. The third kappa shape index (κ3) is 6.52. The minimum absolute atomic E-state index is 0.365. The molecule has 0 atom stereocenters. The molecule has 0 saturated carbocycles. The number of ether oxygens (including phenoxy) is 1. The Labute approximate surface area is 156 Å². The van der Waals surface area contributed by atoms with Crippen LogP contribution in [0.25, 0.3) is 12.2 Å². The van der Waals surface area contributed by atoms with E-state index in [1.807, 2.05) is 48.6 Å². The fourth-order valence-electron chi connectivity index (χ4n) is 2.49. The molecule has 0 N–H and O–H groups in total. The maximum Gasteiger partial charge on any atom is 0.176 e. The molecule has 0 aliphatic carbocycles. The number of hydrogen-bond donors (Lipinski definition) is 0. The lowest BCUT2D eigenvalue weighted by molar-refractivity contribution is 0.312. The number of sulfone groups is 1. The summed E-state index contributed by atoms with van der Waals surface area (Å²) in [5.74, 6) is 0.866. The molecule has 0 radical (unpaired) electrons. The first-order chi connectivity index (χ1) is 12.5. The van der Waals surface area contributed by atoms with Gasteiger partial charge in [0.25, 0.3) is 0 Å². The molecule has 2 rings (SSSR count). The van der Waals surface area contributed by atoms with Crippen LogP contribution in [-0.4, -0.2) is 21.3 Å². The van der Waals surface area contributed by atoms with Crippen molar-refractivity contribution in [1.29, 1.82) is 0 Å². The topological polar surface area (TPSA) is 43.4 Å². The van der Waals surface area contributed by atoms with Gasteiger partial charge in [-0.2, -0.15) is 0 Å². The first kappa shape index (κ1) is 20.0. The van der Waals surface area contributed by atoms with Crippen LogP contribution in [-0.2, 0) is 9.84 Å². The molecule has 0 saturated heterocycles. The van der Waals surface area contributed by atoms with Crippen molar-refractivity contribution in [2.24, 2.45) is 0 Å². The second-order valence-corrected chi connectivity index (χ2v) is 8.07. The van der Waals surface area contributed by atoms with Crippen LogP contribution in [0.3, 0.4) is 0 Å². The van der Waals surface area contributed by atoms with Crippen LogP contribution in [0.2, 0.25) is 0 Å². The zero-order valence-electron chi connectivity index (χ0n) is 15.4. The molecule has 2 aromatic carbocycles. The summed E-state index contributed by atoms with van der Waals surface area (Å²) in [7, 11) is -3.21. The summed E-state index contributed by atoms with van der Waals surface area (Å²) in [6.45, 7) is 2.74. The van der Waals surface area contributed by atoms with Gasteiger partial charge < -0.3 is 4.74 Å². The molecule has 0 unspecified atom stereocenters. The molecule has 0 aliphatic rings. The van der Waals surface area contributed by atoms with E-state index >= 15 is 0 Å². The molecule has 0 heterocycles. The van der Waals surface area contributed by atoms with Gasteiger partial charge in [-0.1, -0.05) is 61.6 Å².